The van der Waals surface area contributed by atoms with E-state index in [1.807, 2.05) is 42.3 Å². The summed E-state index contributed by atoms with van der Waals surface area (Å²) in [6, 6.07) is 21.0. The lowest BCUT2D eigenvalue weighted by Gasteiger charge is -2.17. The number of likely N-dealkylation sites (N-methyl/N-ethyl adjacent to an activating group) is 1. The molecule has 184 valence electrons. The molecule has 0 spiro atoms. The summed E-state index contributed by atoms with van der Waals surface area (Å²) < 4.78 is 65.6. The molecular formula is C25H24F3N3O2S2. The fraction of sp³-hybridized carbons (Fsp3) is 0.240. The predicted molar refractivity (Wildman–Crippen MR) is 132 cm³/mol. The molecule has 4 rings (SSSR count). The second-order valence-corrected chi connectivity index (χ2v) is 11.4. The normalized spacial score (nSPS) is 12.4. The van der Waals surface area contributed by atoms with Crippen molar-refractivity contribution >= 4 is 21.2 Å². The Morgan fingerprint density at radius 2 is 1.69 bits per heavy atom. The van der Waals surface area contributed by atoms with Crippen LogP contribution in [0, 0.1) is 0 Å². The number of halogens is 3. The standard InChI is InChI=1S/C25H24F3N3O2S2/c1-30(17-18-7-4-3-5-8-18)13-14-31-21(16-24(29-31)25(26,27)28)23-12-11-22(34-23)19-9-6-10-20(15-19)35(2,32)33/h3-12,15-16H,13-14,17H2,1-2H3. The van der Waals surface area contributed by atoms with Crippen molar-refractivity contribution in [3.8, 4) is 21.0 Å². The lowest BCUT2D eigenvalue weighted by Crippen LogP contribution is -2.23. The summed E-state index contributed by atoms with van der Waals surface area (Å²) in [7, 11) is -1.46. The molecule has 0 amide bonds. The van der Waals surface area contributed by atoms with Gasteiger partial charge in [0.15, 0.2) is 15.5 Å². The Morgan fingerprint density at radius 1 is 0.971 bits per heavy atom. The number of sulfone groups is 1. The molecule has 0 bridgehead atoms. The largest absolute Gasteiger partial charge is 0.435 e. The highest BCUT2D eigenvalue weighted by Crippen LogP contribution is 2.38. The van der Waals surface area contributed by atoms with Crippen molar-refractivity contribution in [1.82, 2.24) is 14.7 Å². The Kier molecular flexibility index (Phi) is 7.16. The van der Waals surface area contributed by atoms with Crippen LogP contribution in [-0.2, 0) is 29.1 Å². The van der Waals surface area contributed by atoms with E-state index < -0.39 is 21.7 Å². The van der Waals surface area contributed by atoms with Gasteiger partial charge in [-0.3, -0.25) is 4.68 Å². The number of hydrogen-bond donors (Lipinski definition) is 0. The van der Waals surface area contributed by atoms with Crippen LogP contribution in [0.15, 0.2) is 77.7 Å². The van der Waals surface area contributed by atoms with Crippen molar-refractivity contribution in [2.24, 2.45) is 0 Å². The monoisotopic (exact) mass is 519 g/mol. The van der Waals surface area contributed by atoms with E-state index in [1.165, 1.54) is 22.1 Å². The molecule has 35 heavy (non-hydrogen) atoms. The fourth-order valence-electron chi connectivity index (χ4n) is 3.67. The Balaban J connectivity index is 1.60. The van der Waals surface area contributed by atoms with Gasteiger partial charge in [0.2, 0.25) is 0 Å². The fourth-order valence-corrected chi connectivity index (χ4v) is 5.36. The SMILES string of the molecule is CN(CCn1nc(C(F)(F)F)cc1-c1ccc(-c2cccc(S(C)(=O)=O)c2)s1)Cc1ccccc1. The zero-order valence-corrected chi connectivity index (χ0v) is 20.8. The van der Waals surface area contributed by atoms with Crippen LogP contribution >= 0.6 is 11.3 Å². The maximum Gasteiger partial charge on any atom is 0.435 e. The van der Waals surface area contributed by atoms with Crippen LogP contribution in [0.2, 0.25) is 0 Å². The minimum absolute atomic E-state index is 0.191. The zero-order chi connectivity index (χ0) is 25.2. The summed E-state index contributed by atoms with van der Waals surface area (Å²) in [6.45, 7) is 1.46. The van der Waals surface area contributed by atoms with Crippen LogP contribution in [0.4, 0.5) is 13.2 Å². The smallest absolute Gasteiger partial charge is 0.300 e. The molecule has 4 aromatic rings. The lowest BCUT2D eigenvalue weighted by molar-refractivity contribution is -0.141. The van der Waals surface area contributed by atoms with E-state index in [1.54, 1.807) is 30.3 Å². The molecular weight excluding hydrogens is 495 g/mol. The van der Waals surface area contributed by atoms with Gasteiger partial charge < -0.3 is 4.90 Å². The molecule has 10 heteroatoms. The number of thiophene rings is 1. The van der Waals surface area contributed by atoms with Crippen molar-refractivity contribution < 1.29 is 21.6 Å². The first-order chi connectivity index (χ1) is 16.5. The number of alkyl halides is 3. The number of rotatable bonds is 8. The molecule has 0 atom stereocenters. The van der Waals surface area contributed by atoms with Gasteiger partial charge in [0.25, 0.3) is 0 Å². The van der Waals surface area contributed by atoms with Crippen molar-refractivity contribution in [1.29, 1.82) is 0 Å². The Bertz CT molecular complexity index is 1410. The van der Waals surface area contributed by atoms with Gasteiger partial charge in [-0.25, -0.2) is 8.42 Å². The van der Waals surface area contributed by atoms with Gasteiger partial charge in [-0.15, -0.1) is 11.3 Å². The molecule has 0 fully saturated rings. The topological polar surface area (TPSA) is 55.2 Å². The predicted octanol–water partition coefficient (Wildman–Crippen LogP) is 5.83. The van der Waals surface area contributed by atoms with Crippen molar-refractivity contribution in [2.75, 3.05) is 19.8 Å². The average molecular weight is 520 g/mol. The molecule has 0 unspecified atom stereocenters. The average Bonchev–Trinajstić information content (AvgIpc) is 3.45. The third-order valence-corrected chi connectivity index (χ3v) is 7.73. The lowest BCUT2D eigenvalue weighted by atomic mass is 10.2. The van der Waals surface area contributed by atoms with Crippen LogP contribution in [0.3, 0.4) is 0 Å². The minimum Gasteiger partial charge on any atom is -0.300 e. The second-order valence-electron chi connectivity index (χ2n) is 8.32. The maximum absolute atomic E-state index is 13.5. The third kappa shape index (κ3) is 6.19. The van der Waals surface area contributed by atoms with Gasteiger partial charge in [-0.2, -0.15) is 18.3 Å². The molecule has 0 radical (unpaired) electrons. The molecule has 0 saturated carbocycles. The van der Waals surface area contributed by atoms with E-state index in [9.17, 15) is 21.6 Å². The maximum atomic E-state index is 13.5. The first-order valence-corrected chi connectivity index (χ1v) is 13.5. The number of hydrogen-bond acceptors (Lipinski definition) is 5. The van der Waals surface area contributed by atoms with E-state index in [0.717, 1.165) is 22.8 Å². The van der Waals surface area contributed by atoms with Gasteiger partial charge >= 0.3 is 6.18 Å². The van der Waals surface area contributed by atoms with Crippen molar-refractivity contribution in [2.45, 2.75) is 24.2 Å². The van der Waals surface area contributed by atoms with Crippen LogP contribution in [0.1, 0.15) is 11.3 Å². The van der Waals surface area contributed by atoms with Gasteiger partial charge in [0, 0.05) is 24.2 Å². The molecule has 0 aliphatic rings. The van der Waals surface area contributed by atoms with Crippen LogP contribution < -0.4 is 0 Å². The summed E-state index contributed by atoms with van der Waals surface area (Å²) in [6.07, 6.45) is -3.42. The van der Waals surface area contributed by atoms with Crippen LogP contribution in [-0.4, -0.2) is 42.9 Å². The molecule has 5 nitrogen and oxygen atoms in total. The summed E-state index contributed by atoms with van der Waals surface area (Å²) in [5.74, 6) is 0. The van der Waals surface area contributed by atoms with Crippen LogP contribution in [0.5, 0.6) is 0 Å². The molecule has 2 heterocycles. The van der Waals surface area contributed by atoms with E-state index in [-0.39, 0.29) is 11.4 Å². The molecule has 0 aliphatic heterocycles. The van der Waals surface area contributed by atoms with Crippen LogP contribution in [0.25, 0.3) is 21.0 Å². The molecule has 0 N–H and O–H groups in total. The quantitative estimate of drug-likeness (QED) is 0.294. The third-order valence-electron chi connectivity index (χ3n) is 5.46. The summed E-state index contributed by atoms with van der Waals surface area (Å²) in [4.78, 5) is 3.60. The van der Waals surface area contributed by atoms with Gasteiger partial charge in [0.1, 0.15) is 0 Å². The van der Waals surface area contributed by atoms with E-state index >= 15 is 0 Å². The van der Waals surface area contributed by atoms with Crippen molar-refractivity contribution in [3.05, 3.63) is 84.1 Å². The Hall–Kier alpha value is -2.95. The summed E-state index contributed by atoms with van der Waals surface area (Å²) >= 11 is 1.30. The summed E-state index contributed by atoms with van der Waals surface area (Å²) in [5.41, 5.74) is 1.24. The zero-order valence-electron chi connectivity index (χ0n) is 19.2. The highest BCUT2D eigenvalue weighted by Gasteiger charge is 2.35. The molecule has 0 saturated heterocycles. The van der Waals surface area contributed by atoms with Gasteiger partial charge in [-0.05, 0) is 48.5 Å². The van der Waals surface area contributed by atoms with E-state index in [4.69, 9.17) is 0 Å². The van der Waals surface area contributed by atoms with E-state index in [0.29, 0.717) is 29.2 Å². The molecule has 2 aromatic heterocycles. The Morgan fingerprint density at radius 3 is 2.37 bits per heavy atom. The number of nitrogens with zero attached hydrogens (tertiary/aromatic N) is 3. The Labute approximate surface area is 206 Å². The highest BCUT2D eigenvalue weighted by molar-refractivity contribution is 7.90. The van der Waals surface area contributed by atoms with E-state index in [2.05, 4.69) is 5.10 Å². The second kappa shape index (κ2) is 9.96. The number of benzene rings is 2. The minimum atomic E-state index is -4.56. The first-order valence-electron chi connectivity index (χ1n) is 10.8. The van der Waals surface area contributed by atoms with Crippen molar-refractivity contribution in [3.63, 3.8) is 0 Å². The van der Waals surface area contributed by atoms with Gasteiger partial charge in [-0.1, -0.05) is 42.5 Å². The first kappa shape index (κ1) is 25.2. The van der Waals surface area contributed by atoms with Gasteiger partial charge in [0.05, 0.1) is 22.0 Å². The molecule has 2 aromatic carbocycles. The summed E-state index contributed by atoms with van der Waals surface area (Å²) in [5, 5.41) is 3.86. The molecule has 0 aliphatic carbocycles. The number of aromatic nitrogens is 2. The highest BCUT2D eigenvalue weighted by atomic mass is 32.2.